The fourth-order valence-electron chi connectivity index (χ4n) is 3.69. The highest BCUT2D eigenvalue weighted by atomic mass is 79.9. The largest absolute Gasteiger partial charge is 0.454 e. The number of morpholine rings is 1. The normalized spacial score (nSPS) is 25.1. The molecule has 2 fully saturated rings. The summed E-state index contributed by atoms with van der Waals surface area (Å²) in [6, 6.07) is 4.03. The molecule has 7 nitrogen and oxygen atoms in total. The quantitative estimate of drug-likeness (QED) is 0.574. The van der Waals surface area contributed by atoms with Gasteiger partial charge >= 0.3 is 0 Å². The second kappa shape index (κ2) is 8.67. The summed E-state index contributed by atoms with van der Waals surface area (Å²) in [5, 5.41) is 3.41. The first-order valence-electron chi connectivity index (χ1n) is 9.59. The van der Waals surface area contributed by atoms with Crippen LogP contribution >= 0.6 is 15.9 Å². The van der Waals surface area contributed by atoms with Crippen molar-refractivity contribution >= 4 is 21.9 Å². The number of hydrogen-bond acceptors (Lipinski definition) is 5. The molecule has 2 atom stereocenters. The number of benzene rings is 1. The minimum absolute atomic E-state index is 0.116. The highest BCUT2D eigenvalue weighted by molar-refractivity contribution is 9.10. The molecule has 1 aromatic rings. The van der Waals surface area contributed by atoms with Crippen molar-refractivity contribution in [3.8, 4) is 11.5 Å². The third-order valence-corrected chi connectivity index (χ3v) is 5.59. The molecular formula is C19H26BrN3O4. The van der Waals surface area contributed by atoms with Crippen LogP contribution in [0.25, 0.3) is 0 Å². The third-order valence-electron chi connectivity index (χ3n) is 5.01. The third kappa shape index (κ3) is 4.33. The number of nitrogens with zero attached hydrogens (tertiary/aromatic N) is 2. The molecule has 2 unspecified atom stereocenters. The van der Waals surface area contributed by atoms with Crippen molar-refractivity contribution < 1.29 is 18.9 Å². The summed E-state index contributed by atoms with van der Waals surface area (Å²) in [6.07, 6.45) is 2.53. The SMILES string of the molecule is CCNC(=NCc1cc(Br)c2c(c1)OCO2)N1CCOC(C2CCCO2)C1. The van der Waals surface area contributed by atoms with E-state index >= 15 is 0 Å². The van der Waals surface area contributed by atoms with Crippen molar-refractivity contribution in [3.63, 3.8) is 0 Å². The van der Waals surface area contributed by atoms with E-state index in [9.17, 15) is 0 Å². The molecule has 4 rings (SSSR count). The first kappa shape index (κ1) is 18.8. The fraction of sp³-hybridized carbons (Fsp3) is 0.632. The first-order valence-corrected chi connectivity index (χ1v) is 10.4. The number of rotatable bonds is 4. The number of fused-ring (bicyclic) bond motifs is 1. The van der Waals surface area contributed by atoms with Gasteiger partial charge < -0.3 is 29.2 Å². The lowest BCUT2D eigenvalue weighted by molar-refractivity contribution is -0.0817. The zero-order valence-corrected chi connectivity index (χ0v) is 17.2. The van der Waals surface area contributed by atoms with Gasteiger partial charge in [-0.25, -0.2) is 4.99 Å². The molecule has 0 aliphatic carbocycles. The van der Waals surface area contributed by atoms with E-state index in [1.807, 2.05) is 12.1 Å². The molecule has 3 aliphatic heterocycles. The Labute approximate surface area is 168 Å². The van der Waals surface area contributed by atoms with Gasteiger partial charge in [0.1, 0.15) is 6.10 Å². The van der Waals surface area contributed by atoms with Gasteiger partial charge in [-0.15, -0.1) is 0 Å². The monoisotopic (exact) mass is 439 g/mol. The summed E-state index contributed by atoms with van der Waals surface area (Å²) in [5.74, 6) is 2.45. The van der Waals surface area contributed by atoms with E-state index in [4.69, 9.17) is 23.9 Å². The maximum absolute atomic E-state index is 5.96. The van der Waals surface area contributed by atoms with Gasteiger partial charge in [0, 0.05) is 26.2 Å². The second-order valence-corrected chi connectivity index (χ2v) is 7.74. The summed E-state index contributed by atoms with van der Waals surface area (Å²) >= 11 is 3.55. The van der Waals surface area contributed by atoms with E-state index < -0.39 is 0 Å². The van der Waals surface area contributed by atoms with Crippen LogP contribution in [0.1, 0.15) is 25.3 Å². The zero-order valence-electron chi connectivity index (χ0n) is 15.6. The Bertz CT molecular complexity index is 694. The molecule has 0 spiro atoms. The average molecular weight is 440 g/mol. The predicted molar refractivity (Wildman–Crippen MR) is 105 cm³/mol. The zero-order chi connectivity index (χ0) is 18.6. The summed E-state index contributed by atoms with van der Waals surface area (Å²) in [4.78, 5) is 7.13. The van der Waals surface area contributed by atoms with Gasteiger partial charge in [-0.1, -0.05) is 0 Å². The summed E-state index contributed by atoms with van der Waals surface area (Å²) in [5.41, 5.74) is 1.07. The molecular weight excluding hydrogens is 414 g/mol. The van der Waals surface area contributed by atoms with Crippen molar-refractivity contribution in [3.05, 3.63) is 22.2 Å². The van der Waals surface area contributed by atoms with Gasteiger partial charge in [-0.2, -0.15) is 0 Å². The maximum atomic E-state index is 5.96. The number of ether oxygens (including phenoxy) is 4. The predicted octanol–water partition coefficient (Wildman–Crippen LogP) is 2.52. The summed E-state index contributed by atoms with van der Waals surface area (Å²) < 4.78 is 23.6. The molecule has 1 aromatic carbocycles. The van der Waals surface area contributed by atoms with Crippen molar-refractivity contribution in [2.75, 3.05) is 39.6 Å². The van der Waals surface area contributed by atoms with Crippen molar-refractivity contribution in [2.45, 2.75) is 38.5 Å². The lowest BCUT2D eigenvalue weighted by Gasteiger charge is -2.37. The first-order chi connectivity index (χ1) is 13.2. The van der Waals surface area contributed by atoms with E-state index in [1.54, 1.807) is 0 Å². The maximum Gasteiger partial charge on any atom is 0.231 e. The number of hydrogen-bond donors (Lipinski definition) is 1. The summed E-state index contributed by atoms with van der Waals surface area (Å²) in [7, 11) is 0. The standard InChI is InChI=1S/C19H26BrN3O4/c1-2-21-19(23-5-7-25-17(11-23)15-4-3-6-24-15)22-10-13-8-14(20)18-16(9-13)26-12-27-18/h8-9,15,17H,2-7,10-12H2,1H3,(H,21,22). The van der Waals surface area contributed by atoms with E-state index in [2.05, 4.69) is 33.1 Å². The molecule has 0 saturated carbocycles. The van der Waals surface area contributed by atoms with E-state index in [0.29, 0.717) is 13.2 Å². The Kier molecular flexibility index (Phi) is 6.04. The van der Waals surface area contributed by atoms with Crippen LogP contribution in [0.4, 0.5) is 0 Å². The number of halogens is 1. The van der Waals surface area contributed by atoms with Crippen LogP contribution in [0.2, 0.25) is 0 Å². The average Bonchev–Trinajstić information content (AvgIpc) is 3.37. The number of guanidine groups is 1. The second-order valence-electron chi connectivity index (χ2n) is 6.89. The minimum atomic E-state index is 0.116. The van der Waals surface area contributed by atoms with Gasteiger partial charge in [-0.3, -0.25) is 0 Å². The number of aliphatic imine (C=N–C) groups is 1. The Morgan fingerprint density at radius 3 is 2.96 bits per heavy atom. The molecule has 27 heavy (non-hydrogen) atoms. The Morgan fingerprint density at radius 2 is 2.15 bits per heavy atom. The van der Waals surface area contributed by atoms with Crippen molar-refractivity contribution in [1.29, 1.82) is 0 Å². The van der Waals surface area contributed by atoms with Gasteiger partial charge in [0.05, 0.1) is 23.7 Å². The minimum Gasteiger partial charge on any atom is -0.454 e. The molecule has 8 heteroatoms. The summed E-state index contributed by atoms with van der Waals surface area (Å²) in [6.45, 7) is 6.93. The fourth-order valence-corrected chi connectivity index (χ4v) is 4.30. The van der Waals surface area contributed by atoms with Crippen LogP contribution in [0, 0.1) is 0 Å². The lowest BCUT2D eigenvalue weighted by Crippen LogP contribution is -2.53. The van der Waals surface area contributed by atoms with Crippen LogP contribution in [0.3, 0.4) is 0 Å². The molecule has 0 bridgehead atoms. The van der Waals surface area contributed by atoms with Gasteiger partial charge in [0.15, 0.2) is 17.5 Å². The molecule has 0 aromatic heterocycles. The van der Waals surface area contributed by atoms with Crippen LogP contribution in [-0.2, 0) is 16.0 Å². The van der Waals surface area contributed by atoms with E-state index in [1.165, 1.54) is 0 Å². The Hall–Kier alpha value is -1.51. The highest BCUT2D eigenvalue weighted by Gasteiger charge is 2.32. The Morgan fingerprint density at radius 1 is 1.26 bits per heavy atom. The van der Waals surface area contributed by atoms with Crippen LogP contribution < -0.4 is 14.8 Å². The van der Waals surface area contributed by atoms with Gasteiger partial charge in [-0.05, 0) is 53.4 Å². The van der Waals surface area contributed by atoms with E-state index in [-0.39, 0.29) is 19.0 Å². The van der Waals surface area contributed by atoms with E-state index in [0.717, 1.165) is 66.6 Å². The van der Waals surface area contributed by atoms with Crippen molar-refractivity contribution in [1.82, 2.24) is 10.2 Å². The van der Waals surface area contributed by atoms with Crippen LogP contribution in [-0.4, -0.2) is 62.7 Å². The van der Waals surface area contributed by atoms with Crippen LogP contribution in [0.15, 0.2) is 21.6 Å². The smallest absolute Gasteiger partial charge is 0.231 e. The topological polar surface area (TPSA) is 64.6 Å². The molecule has 3 heterocycles. The van der Waals surface area contributed by atoms with Gasteiger partial charge in [0.25, 0.3) is 0 Å². The molecule has 2 saturated heterocycles. The molecule has 3 aliphatic rings. The Balaban J connectivity index is 1.46. The molecule has 1 N–H and O–H groups in total. The molecule has 0 amide bonds. The van der Waals surface area contributed by atoms with Crippen LogP contribution in [0.5, 0.6) is 11.5 Å². The molecule has 0 radical (unpaired) electrons. The lowest BCUT2D eigenvalue weighted by atomic mass is 10.1. The highest BCUT2D eigenvalue weighted by Crippen LogP contribution is 2.40. The van der Waals surface area contributed by atoms with Gasteiger partial charge in [0.2, 0.25) is 6.79 Å². The molecule has 148 valence electrons. The number of nitrogens with one attached hydrogen (secondary N) is 1. The van der Waals surface area contributed by atoms with Crippen molar-refractivity contribution in [2.24, 2.45) is 4.99 Å².